The molecule has 1 saturated carbocycles. The second-order valence-corrected chi connectivity index (χ2v) is 5.93. The lowest BCUT2D eigenvalue weighted by atomic mass is 9.90. The average molecular weight is 286 g/mol. The maximum Gasteiger partial charge on any atom is 0.240 e. The summed E-state index contributed by atoms with van der Waals surface area (Å²) in [5.74, 6) is 1.63. The van der Waals surface area contributed by atoms with Crippen molar-refractivity contribution in [3.8, 4) is 5.75 Å². The van der Waals surface area contributed by atoms with Crippen molar-refractivity contribution in [2.45, 2.75) is 44.9 Å². The summed E-state index contributed by atoms with van der Waals surface area (Å²) in [7, 11) is 0. The van der Waals surface area contributed by atoms with E-state index in [1.165, 1.54) is 32.1 Å². The second-order valence-electron chi connectivity index (χ2n) is 5.93. The van der Waals surface area contributed by atoms with Crippen molar-refractivity contribution >= 4 is 11.6 Å². The van der Waals surface area contributed by atoms with Crippen molar-refractivity contribution in [3.05, 3.63) is 29.8 Å². The van der Waals surface area contributed by atoms with Gasteiger partial charge in [0.1, 0.15) is 5.75 Å². The highest BCUT2D eigenvalue weighted by Gasteiger charge is 2.15. The molecule has 0 atom stereocenters. The van der Waals surface area contributed by atoms with E-state index in [1.807, 2.05) is 24.3 Å². The molecule has 0 bridgehead atoms. The largest absolute Gasteiger partial charge is 0.493 e. The molecular weight excluding hydrogens is 264 g/mol. The van der Waals surface area contributed by atoms with Gasteiger partial charge in [0.25, 0.3) is 0 Å². The molecule has 21 heavy (non-hydrogen) atoms. The van der Waals surface area contributed by atoms with Crippen molar-refractivity contribution in [2.75, 3.05) is 6.61 Å². The van der Waals surface area contributed by atoms with Gasteiger partial charge in [0, 0.05) is 12.8 Å². The van der Waals surface area contributed by atoms with Crippen LogP contribution in [-0.4, -0.2) is 18.2 Å². The number of hydrogen-bond acceptors (Lipinski definition) is 3. The molecule has 1 aliphatic carbocycles. The van der Waals surface area contributed by atoms with Crippen molar-refractivity contribution in [2.24, 2.45) is 11.0 Å². The molecule has 0 radical (unpaired) electrons. The van der Waals surface area contributed by atoms with Crippen LogP contribution in [0.1, 0.15) is 50.5 Å². The fraction of sp³-hybridized carbons (Fsp3) is 0.529. The van der Waals surface area contributed by atoms with Crippen molar-refractivity contribution in [1.82, 2.24) is 5.43 Å². The lowest BCUT2D eigenvalue weighted by molar-refractivity contribution is -0.121. The molecule has 1 fully saturated rings. The van der Waals surface area contributed by atoms with Crippen LogP contribution < -0.4 is 10.2 Å². The zero-order valence-electron chi connectivity index (χ0n) is 12.3. The van der Waals surface area contributed by atoms with Gasteiger partial charge in [-0.15, -0.1) is 0 Å². The van der Waals surface area contributed by atoms with E-state index in [0.717, 1.165) is 29.5 Å². The topological polar surface area (TPSA) is 50.7 Å². The Hall–Kier alpha value is -1.84. The van der Waals surface area contributed by atoms with E-state index >= 15 is 0 Å². The van der Waals surface area contributed by atoms with Crippen molar-refractivity contribution < 1.29 is 9.53 Å². The molecule has 3 rings (SSSR count). The summed E-state index contributed by atoms with van der Waals surface area (Å²) >= 11 is 0. The number of ether oxygens (including phenoxy) is 1. The summed E-state index contributed by atoms with van der Waals surface area (Å²) in [5.41, 5.74) is 4.53. The number of hydrogen-bond donors (Lipinski definition) is 1. The Labute approximate surface area is 125 Å². The quantitative estimate of drug-likeness (QED) is 0.923. The third-order valence-electron chi connectivity index (χ3n) is 4.30. The predicted octanol–water partition coefficient (Wildman–Crippen LogP) is 3.26. The Morgan fingerprint density at radius 2 is 1.86 bits per heavy atom. The molecule has 4 nitrogen and oxygen atoms in total. The highest BCUT2D eigenvalue weighted by Crippen LogP contribution is 2.25. The molecule has 112 valence electrons. The zero-order valence-corrected chi connectivity index (χ0v) is 12.3. The molecule has 1 aromatic carbocycles. The number of rotatable bonds is 4. The summed E-state index contributed by atoms with van der Waals surface area (Å²) < 4.78 is 5.90. The van der Waals surface area contributed by atoms with E-state index in [1.54, 1.807) is 0 Å². The Morgan fingerprint density at radius 3 is 2.52 bits per heavy atom. The van der Waals surface area contributed by atoms with Crippen LogP contribution in [0.25, 0.3) is 0 Å². The van der Waals surface area contributed by atoms with Crippen molar-refractivity contribution in [3.63, 3.8) is 0 Å². The lowest BCUT2D eigenvalue weighted by Gasteiger charge is -2.21. The maximum atomic E-state index is 11.1. The van der Waals surface area contributed by atoms with Gasteiger partial charge in [0.2, 0.25) is 5.91 Å². The third-order valence-corrected chi connectivity index (χ3v) is 4.30. The van der Waals surface area contributed by atoms with Gasteiger partial charge in [-0.2, -0.15) is 5.10 Å². The Morgan fingerprint density at radius 1 is 1.10 bits per heavy atom. The number of nitrogens with one attached hydrogen (secondary N) is 1. The molecule has 1 N–H and O–H groups in total. The summed E-state index contributed by atoms with van der Waals surface area (Å²) in [6, 6.07) is 8.03. The van der Waals surface area contributed by atoms with E-state index in [9.17, 15) is 4.79 Å². The lowest BCUT2D eigenvalue weighted by Crippen LogP contribution is -2.25. The Bertz CT molecular complexity index is 516. The number of carbonyl (C=O) groups is 1. The summed E-state index contributed by atoms with van der Waals surface area (Å²) in [5, 5.41) is 4.11. The van der Waals surface area contributed by atoms with Crippen LogP contribution in [0, 0.1) is 5.92 Å². The summed E-state index contributed by atoms with van der Waals surface area (Å²) in [6.07, 6.45) is 7.89. The minimum atomic E-state index is -0.00816. The number of benzene rings is 1. The van der Waals surface area contributed by atoms with Gasteiger partial charge >= 0.3 is 0 Å². The molecular formula is C17H22N2O2. The molecule has 1 aromatic rings. The third kappa shape index (κ3) is 3.84. The monoisotopic (exact) mass is 286 g/mol. The fourth-order valence-electron chi connectivity index (χ4n) is 2.99. The van der Waals surface area contributed by atoms with E-state index in [4.69, 9.17) is 4.74 Å². The minimum Gasteiger partial charge on any atom is -0.493 e. The van der Waals surface area contributed by atoms with E-state index < -0.39 is 0 Å². The second kappa shape index (κ2) is 6.74. The summed E-state index contributed by atoms with van der Waals surface area (Å²) in [4.78, 5) is 11.1. The van der Waals surface area contributed by atoms with Gasteiger partial charge in [-0.25, -0.2) is 5.43 Å². The van der Waals surface area contributed by atoms with Gasteiger partial charge in [0.05, 0.1) is 12.3 Å². The van der Waals surface area contributed by atoms with Crippen LogP contribution in [0.15, 0.2) is 29.4 Å². The first-order valence-electron chi connectivity index (χ1n) is 7.90. The van der Waals surface area contributed by atoms with Crippen LogP contribution in [0.3, 0.4) is 0 Å². The van der Waals surface area contributed by atoms with Gasteiger partial charge in [0.15, 0.2) is 0 Å². The highest BCUT2D eigenvalue weighted by molar-refractivity contribution is 6.04. The molecule has 1 aliphatic heterocycles. The van der Waals surface area contributed by atoms with E-state index in [2.05, 4.69) is 10.5 Å². The highest BCUT2D eigenvalue weighted by atomic mass is 16.5. The normalized spacial score (nSPS) is 19.8. The molecule has 0 unspecified atom stereocenters. The SMILES string of the molecule is O=C1CCC(c2ccc(OCC3CCCCC3)cc2)=NN1. The number of nitrogens with zero attached hydrogens (tertiary/aromatic N) is 1. The van der Waals surface area contributed by atoms with Gasteiger partial charge in [-0.1, -0.05) is 19.3 Å². The molecule has 2 aliphatic rings. The minimum absolute atomic E-state index is 0.00816. The first-order valence-corrected chi connectivity index (χ1v) is 7.90. The molecule has 1 heterocycles. The standard InChI is InChI=1S/C17H22N2O2/c20-17-11-10-16(18-19-17)14-6-8-15(9-7-14)21-12-13-4-2-1-3-5-13/h6-9,13H,1-5,10-12H2,(H,19,20). The molecule has 0 spiro atoms. The predicted molar refractivity (Wildman–Crippen MR) is 82.4 cm³/mol. The van der Waals surface area contributed by atoms with E-state index in [-0.39, 0.29) is 5.91 Å². The molecule has 0 saturated heterocycles. The Kier molecular flexibility index (Phi) is 4.53. The van der Waals surface area contributed by atoms with Gasteiger partial charge in [-0.05, 0) is 48.6 Å². The molecule has 4 heteroatoms. The smallest absolute Gasteiger partial charge is 0.240 e. The Balaban J connectivity index is 1.55. The fourth-order valence-corrected chi connectivity index (χ4v) is 2.99. The number of carbonyl (C=O) groups excluding carboxylic acids is 1. The van der Waals surface area contributed by atoms with E-state index in [0.29, 0.717) is 12.8 Å². The summed E-state index contributed by atoms with van der Waals surface area (Å²) in [6.45, 7) is 0.830. The molecule has 0 aromatic heterocycles. The van der Waals surface area contributed by atoms with Gasteiger partial charge in [-0.3, -0.25) is 4.79 Å². The van der Waals surface area contributed by atoms with Crippen LogP contribution >= 0.6 is 0 Å². The number of amides is 1. The van der Waals surface area contributed by atoms with Crippen LogP contribution in [-0.2, 0) is 4.79 Å². The first kappa shape index (κ1) is 14.1. The maximum absolute atomic E-state index is 11.1. The average Bonchev–Trinajstić information content (AvgIpc) is 2.55. The molecule has 1 amide bonds. The van der Waals surface area contributed by atoms with Crippen molar-refractivity contribution in [1.29, 1.82) is 0 Å². The van der Waals surface area contributed by atoms with Crippen LogP contribution in [0.4, 0.5) is 0 Å². The van der Waals surface area contributed by atoms with Crippen LogP contribution in [0.5, 0.6) is 5.75 Å². The first-order chi connectivity index (χ1) is 10.3. The van der Waals surface area contributed by atoms with Gasteiger partial charge < -0.3 is 4.74 Å². The zero-order chi connectivity index (χ0) is 14.5. The number of hydrazone groups is 1. The van der Waals surface area contributed by atoms with Crippen LogP contribution in [0.2, 0.25) is 0 Å².